The number of allylic oxidation sites excluding steroid dienone is 2. The molecule has 0 unspecified atom stereocenters. The molecular formula is C37H40Cl2N8O2. The van der Waals surface area contributed by atoms with Crippen LogP contribution in [0.3, 0.4) is 0 Å². The highest BCUT2D eigenvalue weighted by Crippen LogP contribution is 2.42. The molecule has 2 aromatic heterocycles. The van der Waals surface area contributed by atoms with Gasteiger partial charge in [0.2, 0.25) is 11.8 Å². The summed E-state index contributed by atoms with van der Waals surface area (Å²) in [4.78, 5) is 21.4. The van der Waals surface area contributed by atoms with E-state index in [2.05, 4.69) is 39.0 Å². The van der Waals surface area contributed by atoms with Crippen molar-refractivity contribution in [1.29, 1.82) is 0 Å². The topological polar surface area (TPSA) is 109 Å². The molecule has 3 aliphatic heterocycles. The van der Waals surface area contributed by atoms with Crippen molar-refractivity contribution in [3.63, 3.8) is 0 Å². The minimum Gasteiger partial charge on any atom is -0.480 e. The van der Waals surface area contributed by atoms with Gasteiger partial charge in [-0.2, -0.15) is 0 Å². The van der Waals surface area contributed by atoms with Gasteiger partial charge in [0.15, 0.2) is 0 Å². The predicted molar refractivity (Wildman–Crippen MR) is 194 cm³/mol. The van der Waals surface area contributed by atoms with Crippen molar-refractivity contribution in [2.45, 2.75) is 50.4 Å². The number of benzene rings is 2. The van der Waals surface area contributed by atoms with E-state index in [0.29, 0.717) is 52.3 Å². The Hall–Kier alpha value is -4.22. The van der Waals surface area contributed by atoms with Crippen LogP contribution >= 0.6 is 23.2 Å². The van der Waals surface area contributed by atoms with E-state index in [1.54, 1.807) is 26.6 Å². The molecule has 4 aromatic rings. The molecule has 0 radical (unpaired) electrons. The third kappa shape index (κ3) is 6.83. The van der Waals surface area contributed by atoms with Gasteiger partial charge in [0.1, 0.15) is 11.4 Å². The highest BCUT2D eigenvalue weighted by atomic mass is 35.5. The molecule has 0 bridgehead atoms. The van der Waals surface area contributed by atoms with Crippen molar-refractivity contribution in [2.24, 2.45) is 0 Å². The van der Waals surface area contributed by atoms with E-state index < -0.39 is 0 Å². The highest BCUT2D eigenvalue weighted by molar-refractivity contribution is 6.39. The van der Waals surface area contributed by atoms with E-state index in [0.717, 1.165) is 90.4 Å². The first kappa shape index (κ1) is 33.3. The van der Waals surface area contributed by atoms with Gasteiger partial charge >= 0.3 is 0 Å². The lowest BCUT2D eigenvalue weighted by atomic mass is 9.88. The molecule has 0 amide bonds. The largest absolute Gasteiger partial charge is 0.480 e. The van der Waals surface area contributed by atoms with Crippen molar-refractivity contribution in [3.8, 4) is 45.4 Å². The summed E-state index contributed by atoms with van der Waals surface area (Å²) in [5.41, 5.74) is 8.04. The number of likely N-dealkylation sites (tertiary alicyclic amines) is 1. The molecule has 1 atom stereocenters. The Balaban J connectivity index is 1.10. The molecule has 10 nitrogen and oxygen atoms in total. The molecule has 0 aliphatic carbocycles. The normalized spacial score (nSPS) is 18.3. The summed E-state index contributed by atoms with van der Waals surface area (Å²) in [6.45, 7) is 12.0. The highest BCUT2D eigenvalue weighted by Gasteiger charge is 2.46. The molecule has 3 saturated heterocycles. The number of rotatable bonds is 11. The predicted octanol–water partition coefficient (Wildman–Crippen LogP) is 6.40. The van der Waals surface area contributed by atoms with Crippen LogP contribution in [0, 0.1) is 0 Å². The Bertz CT molecular complexity index is 1910. The average molecular weight is 700 g/mol. The van der Waals surface area contributed by atoms with Gasteiger partial charge in [0.25, 0.3) is 0 Å². The first-order valence-corrected chi connectivity index (χ1v) is 17.2. The second kappa shape index (κ2) is 14.0. The summed E-state index contributed by atoms with van der Waals surface area (Å²) in [5.74, 6) is 0.928. The number of halogens is 2. The van der Waals surface area contributed by atoms with Crippen LogP contribution in [0.25, 0.3) is 33.6 Å². The van der Waals surface area contributed by atoms with Gasteiger partial charge in [-0.05, 0) is 25.7 Å². The molecular weight excluding hydrogens is 659 g/mol. The van der Waals surface area contributed by atoms with E-state index in [1.165, 1.54) is 0 Å². The Labute approximate surface area is 297 Å². The lowest BCUT2D eigenvalue weighted by Crippen LogP contribution is -2.65. The van der Waals surface area contributed by atoms with E-state index in [1.807, 2.05) is 36.4 Å². The van der Waals surface area contributed by atoms with Gasteiger partial charge in [0, 0.05) is 72.4 Å². The second-order valence-corrected chi connectivity index (χ2v) is 13.8. The van der Waals surface area contributed by atoms with Crippen molar-refractivity contribution in [2.75, 3.05) is 33.9 Å². The quantitative estimate of drug-likeness (QED) is 0.163. The fourth-order valence-corrected chi connectivity index (χ4v) is 7.70. The van der Waals surface area contributed by atoms with Crippen LogP contribution in [0.5, 0.6) is 11.8 Å². The zero-order valence-electron chi connectivity index (χ0n) is 27.8. The molecule has 2 aromatic carbocycles. The molecule has 5 heterocycles. The van der Waals surface area contributed by atoms with Crippen molar-refractivity contribution in [1.82, 2.24) is 40.8 Å². The summed E-state index contributed by atoms with van der Waals surface area (Å²) in [7, 11) is 3.21. The van der Waals surface area contributed by atoms with Gasteiger partial charge in [-0.1, -0.05) is 72.8 Å². The molecule has 3 aliphatic rings. The fourth-order valence-electron chi connectivity index (χ4n) is 7.05. The molecule has 254 valence electrons. The van der Waals surface area contributed by atoms with Gasteiger partial charge < -0.3 is 25.4 Å². The van der Waals surface area contributed by atoms with Crippen LogP contribution in [0.2, 0.25) is 10.0 Å². The third-order valence-electron chi connectivity index (χ3n) is 9.51. The molecule has 3 N–H and O–H groups in total. The van der Waals surface area contributed by atoms with Crippen molar-refractivity contribution >= 4 is 23.2 Å². The van der Waals surface area contributed by atoms with Crippen LogP contribution in [-0.4, -0.2) is 70.3 Å². The zero-order chi connectivity index (χ0) is 34.1. The second-order valence-electron chi connectivity index (χ2n) is 13.0. The van der Waals surface area contributed by atoms with Gasteiger partial charge in [0.05, 0.1) is 53.6 Å². The Morgan fingerprint density at radius 3 is 2.00 bits per heavy atom. The standard InChI is InChI=1S/C37H40Cl2N8O2/c1-22-11-12-24(43-22)15-40-16-31-35(48-3)44-29(17-41-31)27-9-5-7-25(33(27)38)26-8-6-10-28(34(26)39)30-18-42-32(36(45-30)49-4)19-47-20-37(21-47)14-13-23(2)46-37/h5-10,17-18,24,40,43,46H,1-2,11-16,19-21H2,3-4H3/t24-/m0/s1. The van der Waals surface area contributed by atoms with Gasteiger partial charge in [-0.25, -0.2) is 9.97 Å². The van der Waals surface area contributed by atoms with E-state index >= 15 is 0 Å². The van der Waals surface area contributed by atoms with E-state index in [-0.39, 0.29) is 5.54 Å². The summed E-state index contributed by atoms with van der Waals surface area (Å²) in [6, 6.07) is 12.0. The zero-order valence-corrected chi connectivity index (χ0v) is 29.3. The average Bonchev–Trinajstić information content (AvgIpc) is 3.70. The minimum atomic E-state index is 0.146. The number of ether oxygens (including phenoxy) is 2. The maximum atomic E-state index is 7.10. The van der Waals surface area contributed by atoms with Crippen LogP contribution in [0.1, 0.15) is 37.1 Å². The van der Waals surface area contributed by atoms with Crippen molar-refractivity contribution in [3.05, 3.63) is 94.8 Å². The molecule has 7 rings (SSSR count). The first-order valence-electron chi connectivity index (χ1n) is 16.5. The van der Waals surface area contributed by atoms with Crippen LogP contribution in [0.4, 0.5) is 0 Å². The maximum absolute atomic E-state index is 7.10. The van der Waals surface area contributed by atoms with Crippen LogP contribution < -0.4 is 25.4 Å². The number of aromatic nitrogens is 4. The molecule has 49 heavy (non-hydrogen) atoms. The molecule has 12 heteroatoms. The van der Waals surface area contributed by atoms with Gasteiger partial charge in [-0.15, -0.1) is 0 Å². The monoisotopic (exact) mass is 698 g/mol. The van der Waals surface area contributed by atoms with Crippen molar-refractivity contribution < 1.29 is 9.47 Å². The minimum absolute atomic E-state index is 0.146. The lowest BCUT2D eigenvalue weighted by molar-refractivity contribution is 0.0488. The fraction of sp³-hybridized carbons (Fsp3) is 0.351. The first-order chi connectivity index (χ1) is 23.8. The summed E-state index contributed by atoms with van der Waals surface area (Å²) in [5, 5.41) is 11.4. The molecule has 0 saturated carbocycles. The summed E-state index contributed by atoms with van der Waals surface area (Å²) >= 11 is 14.2. The van der Waals surface area contributed by atoms with Crippen LogP contribution in [-0.2, 0) is 13.1 Å². The smallest absolute Gasteiger partial charge is 0.237 e. The van der Waals surface area contributed by atoms with Gasteiger partial charge in [-0.3, -0.25) is 14.9 Å². The Morgan fingerprint density at radius 2 is 1.45 bits per heavy atom. The third-order valence-corrected chi connectivity index (χ3v) is 10.3. The van der Waals surface area contributed by atoms with Crippen LogP contribution in [0.15, 0.2) is 73.3 Å². The SMILES string of the molecule is C=C1CC[C@@H](CNCc2ncc(-c3cccc(-c4cccc(-c5cnc(CN6CC7(CCC(=C)N7)C6)c(OC)n5)c4Cl)c3Cl)nc2OC)N1. The van der Waals surface area contributed by atoms with E-state index in [4.69, 9.17) is 47.6 Å². The number of nitrogens with zero attached hydrogens (tertiary/aromatic N) is 5. The number of hydrogen-bond acceptors (Lipinski definition) is 10. The maximum Gasteiger partial charge on any atom is 0.237 e. The number of methoxy groups -OCH3 is 2. The molecule has 1 spiro atoms. The summed E-state index contributed by atoms with van der Waals surface area (Å²) in [6.07, 6.45) is 7.70. The lowest BCUT2D eigenvalue weighted by Gasteiger charge is -2.48. The Morgan fingerprint density at radius 1 is 0.857 bits per heavy atom. The molecule has 3 fully saturated rings. The van der Waals surface area contributed by atoms with E-state index in [9.17, 15) is 0 Å². The number of nitrogens with one attached hydrogen (secondary N) is 3. The summed E-state index contributed by atoms with van der Waals surface area (Å²) < 4.78 is 11.3. The number of hydrogen-bond donors (Lipinski definition) is 3. The Kier molecular flexibility index (Phi) is 9.48.